The first-order valence-corrected chi connectivity index (χ1v) is 6.56. The van der Waals surface area contributed by atoms with E-state index in [0.29, 0.717) is 12.7 Å². The molecule has 0 heterocycles. The zero-order valence-electron chi connectivity index (χ0n) is 6.59. The van der Waals surface area contributed by atoms with Crippen molar-refractivity contribution in [2.75, 3.05) is 6.23 Å². The van der Waals surface area contributed by atoms with E-state index in [1.165, 1.54) is 0 Å². The van der Waals surface area contributed by atoms with Crippen LogP contribution in [0, 0.1) is 0 Å². The highest BCUT2D eigenvalue weighted by Gasteiger charge is 2.01. The molecular formula is C7H14O2Si. The van der Waals surface area contributed by atoms with E-state index in [4.69, 9.17) is 4.74 Å². The molecule has 58 valence electrons. The molecule has 0 bridgehead atoms. The molecule has 0 aliphatic carbocycles. The van der Waals surface area contributed by atoms with Gasteiger partial charge >= 0.3 is 5.97 Å². The van der Waals surface area contributed by atoms with E-state index in [-0.39, 0.29) is 5.97 Å². The van der Waals surface area contributed by atoms with Crippen LogP contribution < -0.4 is 0 Å². The molecular weight excluding hydrogens is 144 g/mol. The van der Waals surface area contributed by atoms with Crippen LogP contribution in [0.15, 0.2) is 12.7 Å². The van der Waals surface area contributed by atoms with Gasteiger partial charge in [-0.1, -0.05) is 19.2 Å². The molecule has 0 aromatic rings. The summed E-state index contributed by atoms with van der Waals surface area (Å²) >= 11 is 0. The van der Waals surface area contributed by atoms with Gasteiger partial charge in [0.25, 0.3) is 0 Å². The van der Waals surface area contributed by atoms with Gasteiger partial charge in [-0.15, -0.1) is 6.58 Å². The smallest absolute Gasteiger partial charge is 0.309 e. The highest BCUT2D eigenvalue weighted by atomic mass is 28.3. The van der Waals surface area contributed by atoms with E-state index in [1.54, 1.807) is 6.08 Å². The van der Waals surface area contributed by atoms with Crippen molar-refractivity contribution in [2.45, 2.75) is 19.5 Å². The van der Waals surface area contributed by atoms with Crippen molar-refractivity contribution in [1.82, 2.24) is 0 Å². The second-order valence-corrected chi connectivity index (χ2v) is 5.69. The van der Waals surface area contributed by atoms with Crippen molar-refractivity contribution in [2.24, 2.45) is 0 Å². The Kier molecular flexibility index (Phi) is 4.93. The molecule has 0 N–H and O–H groups in total. The predicted molar refractivity (Wildman–Crippen MR) is 44.7 cm³/mol. The summed E-state index contributed by atoms with van der Waals surface area (Å²) in [5, 5.41) is 0. The van der Waals surface area contributed by atoms with Crippen molar-refractivity contribution >= 4 is 14.8 Å². The van der Waals surface area contributed by atoms with Gasteiger partial charge < -0.3 is 4.74 Å². The number of esters is 1. The van der Waals surface area contributed by atoms with Gasteiger partial charge in [0, 0.05) is 0 Å². The highest BCUT2D eigenvalue weighted by molar-refractivity contribution is 6.55. The number of rotatable bonds is 4. The minimum absolute atomic E-state index is 0.156. The Bertz CT molecular complexity index is 121. The molecule has 0 rings (SSSR count). The number of hydrogen-bond acceptors (Lipinski definition) is 2. The lowest BCUT2D eigenvalue weighted by atomic mass is 10.4. The predicted octanol–water partition coefficient (Wildman–Crippen LogP) is 1.13. The molecule has 0 aromatic heterocycles. The van der Waals surface area contributed by atoms with Crippen molar-refractivity contribution in [3.63, 3.8) is 0 Å². The molecule has 0 saturated heterocycles. The SMILES string of the molecule is C=CCC(=O)OC[SiH](C)C. The quantitative estimate of drug-likeness (QED) is 0.348. The van der Waals surface area contributed by atoms with Crippen molar-refractivity contribution < 1.29 is 9.53 Å². The summed E-state index contributed by atoms with van der Waals surface area (Å²) in [5.41, 5.74) is 0. The van der Waals surface area contributed by atoms with Gasteiger partial charge in [-0.05, 0) is 0 Å². The lowest BCUT2D eigenvalue weighted by Gasteiger charge is -2.03. The molecule has 0 fully saturated rings. The van der Waals surface area contributed by atoms with Crippen LogP contribution in [-0.2, 0) is 9.53 Å². The molecule has 0 saturated carbocycles. The molecule has 0 radical (unpaired) electrons. The number of ether oxygens (including phenoxy) is 1. The Balaban J connectivity index is 3.30. The maximum absolute atomic E-state index is 10.7. The Morgan fingerprint density at radius 1 is 1.70 bits per heavy atom. The number of carbonyl (C=O) groups excluding carboxylic acids is 1. The number of hydrogen-bond donors (Lipinski definition) is 0. The average molecular weight is 158 g/mol. The fourth-order valence-electron chi connectivity index (χ4n) is 0.436. The van der Waals surface area contributed by atoms with E-state index in [0.717, 1.165) is 0 Å². The third-order valence-electron chi connectivity index (χ3n) is 0.889. The van der Waals surface area contributed by atoms with Crippen LogP contribution in [0.5, 0.6) is 0 Å². The van der Waals surface area contributed by atoms with E-state index in [9.17, 15) is 4.79 Å². The first kappa shape index (κ1) is 9.43. The standard InChI is InChI=1S/C7H14O2Si/c1-4-5-7(8)9-6-10(2)3/h4,10H,1,5-6H2,2-3H3. The van der Waals surface area contributed by atoms with Crippen LogP contribution >= 0.6 is 0 Å². The van der Waals surface area contributed by atoms with Crippen molar-refractivity contribution in [3.05, 3.63) is 12.7 Å². The molecule has 0 aromatic carbocycles. The third-order valence-corrected chi connectivity index (χ3v) is 1.72. The lowest BCUT2D eigenvalue weighted by molar-refractivity contribution is -0.140. The van der Waals surface area contributed by atoms with E-state index < -0.39 is 8.80 Å². The summed E-state index contributed by atoms with van der Waals surface area (Å²) in [7, 11) is -0.729. The molecule has 0 amide bonds. The molecule has 0 aliphatic heterocycles. The first-order valence-electron chi connectivity index (χ1n) is 3.43. The third kappa shape index (κ3) is 5.56. The monoisotopic (exact) mass is 158 g/mol. The van der Waals surface area contributed by atoms with Gasteiger partial charge in [0.15, 0.2) is 0 Å². The highest BCUT2D eigenvalue weighted by Crippen LogP contribution is 1.88. The van der Waals surface area contributed by atoms with E-state index in [1.807, 2.05) is 0 Å². The molecule has 10 heavy (non-hydrogen) atoms. The summed E-state index contributed by atoms with van der Waals surface area (Å²) in [6.45, 7) is 7.72. The minimum Gasteiger partial charge on any atom is -0.470 e. The molecule has 0 aliphatic rings. The Hall–Kier alpha value is -0.573. The first-order chi connectivity index (χ1) is 4.66. The van der Waals surface area contributed by atoms with Crippen LogP contribution in [0.4, 0.5) is 0 Å². The maximum atomic E-state index is 10.7. The Labute approximate surface area is 63.5 Å². The topological polar surface area (TPSA) is 26.3 Å². The Morgan fingerprint density at radius 2 is 2.30 bits per heavy atom. The van der Waals surface area contributed by atoms with Gasteiger partial charge in [-0.3, -0.25) is 4.79 Å². The summed E-state index contributed by atoms with van der Waals surface area (Å²) in [6, 6.07) is 0. The van der Waals surface area contributed by atoms with Crippen molar-refractivity contribution in [1.29, 1.82) is 0 Å². The fourth-order valence-corrected chi connectivity index (χ4v) is 0.956. The normalized spacial score (nSPS) is 9.50. The van der Waals surface area contributed by atoms with Gasteiger partial charge in [0.2, 0.25) is 0 Å². The van der Waals surface area contributed by atoms with E-state index >= 15 is 0 Å². The van der Waals surface area contributed by atoms with Gasteiger partial charge in [-0.25, -0.2) is 0 Å². The second-order valence-electron chi connectivity index (χ2n) is 2.57. The van der Waals surface area contributed by atoms with Crippen LogP contribution in [0.1, 0.15) is 6.42 Å². The van der Waals surface area contributed by atoms with Gasteiger partial charge in [0.05, 0.1) is 21.4 Å². The van der Waals surface area contributed by atoms with Crippen LogP contribution in [0.25, 0.3) is 0 Å². The second kappa shape index (κ2) is 5.23. The lowest BCUT2D eigenvalue weighted by Crippen LogP contribution is -2.15. The van der Waals surface area contributed by atoms with Crippen LogP contribution in [0.2, 0.25) is 13.1 Å². The minimum atomic E-state index is -0.729. The van der Waals surface area contributed by atoms with Gasteiger partial charge in [-0.2, -0.15) is 0 Å². The van der Waals surface area contributed by atoms with E-state index in [2.05, 4.69) is 19.7 Å². The van der Waals surface area contributed by atoms with Crippen LogP contribution in [-0.4, -0.2) is 21.0 Å². The molecule has 0 unspecified atom stereocenters. The summed E-state index contributed by atoms with van der Waals surface area (Å²) in [4.78, 5) is 10.7. The average Bonchev–Trinajstić information content (AvgIpc) is 1.85. The molecule has 2 nitrogen and oxygen atoms in total. The Morgan fingerprint density at radius 3 is 2.70 bits per heavy atom. The van der Waals surface area contributed by atoms with Gasteiger partial charge in [0.1, 0.15) is 0 Å². The zero-order valence-corrected chi connectivity index (χ0v) is 7.75. The molecule has 3 heteroatoms. The fraction of sp³-hybridized carbons (Fsp3) is 0.571. The summed E-state index contributed by atoms with van der Waals surface area (Å²) in [5.74, 6) is -0.156. The largest absolute Gasteiger partial charge is 0.470 e. The number of carbonyl (C=O) groups is 1. The zero-order chi connectivity index (χ0) is 7.98. The summed E-state index contributed by atoms with van der Waals surface area (Å²) < 4.78 is 4.90. The molecule has 0 atom stereocenters. The summed E-state index contributed by atoms with van der Waals surface area (Å²) in [6.07, 6.45) is 2.54. The van der Waals surface area contributed by atoms with Crippen LogP contribution in [0.3, 0.4) is 0 Å². The van der Waals surface area contributed by atoms with Crippen molar-refractivity contribution in [3.8, 4) is 0 Å². The maximum Gasteiger partial charge on any atom is 0.309 e. The molecule has 0 spiro atoms.